The molecule has 3 heterocycles. The van der Waals surface area contributed by atoms with E-state index in [0.717, 1.165) is 16.9 Å². The number of carbonyl (C=O) groups is 2. The topological polar surface area (TPSA) is 132 Å². The normalized spacial score (nSPS) is 17.7. The van der Waals surface area contributed by atoms with E-state index >= 15 is 0 Å². The molecule has 2 amide bonds. The lowest BCUT2D eigenvalue weighted by atomic mass is 10.1. The van der Waals surface area contributed by atoms with Gasteiger partial charge in [-0.15, -0.1) is 0 Å². The number of rotatable bonds is 3. The molecule has 1 aliphatic rings. The average molecular weight is 472 g/mol. The molecule has 0 spiro atoms. The van der Waals surface area contributed by atoms with Crippen LogP contribution in [0.1, 0.15) is 63.7 Å². The number of imidazole rings is 1. The largest absolute Gasteiger partial charge is 0.502 e. The number of benzene rings is 1. The summed E-state index contributed by atoms with van der Waals surface area (Å²) in [5.74, 6) is -4.12. The third kappa shape index (κ3) is 3.87. The van der Waals surface area contributed by atoms with E-state index in [1.165, 1.54) is 24.3 Å². The number of nitrogens with one attached hydrogen (secondary N) is 3. The number of hydrogen-bond acceptors (Lipinski definition) is 6. The molecule has 12 heteroatoms. The molecule has 0 saturated carbocycles. The standard InChI is InChI=1S/C22H22F2N6O4/c1-10-16-17(27-9-26-16)11(2)29(3)22(34)18-20(32)19(31)14(8-30(18)28-10)21(33)25-7-12-4-5-13(23)6-15(12)24/h4-6,8-11,28,32H,7H2,1-3H3,(H,25,33)(H,26,27). The maximum Gasteiger partial charge on any atom is 0.276 e. The lowest BCUT2D eigenvalue weighted by Crippen LogP contribution is -2.36. The average Bonchev–Trinajstić information content (AvgIpc) is 3.29. The van der Waals surface area contributed by atoms with Crippen molar-refractivity contribution in [2.75, 3.05) is 12.5 Å². The Balaban J connectivity index is 1.73. The third-order valence-corrected chi connectivity index (χ3v) is 5.85. The number of amides is 2. The van der Waals surface area contributed by atoms with E-state index in [0.29, 0.717) is 17.5 Å². The monoisotopic (exact) mass is 472 g/mol. The van der Waals surface area contributed by atoms with Crippen LogP contribution in [0.2, 0.25) is 0 Å². The molecule has 34 heavy (non-hydrogen) atoms. The van der Waals surface area contributed by atoms with E-state index in [1.807, 2.05) is 0 Å². The van der Waals surface area contributed by atoms with Gasteiger partial charge in [-0.1, -0.05) is 6.07 Å². The molecule has 178 valence electrons. The molecule has 0 bridgehead atoms. The molecule has 2 unspecified atom stereocenters. The number of halogens is 2. The Kier molecular flexibility index (Phi) is 5.82. The van der Waals surface area contributed by atoms with Crippen molar-refractivity contribution < 1.29 is 23.5 Å². The lowest BCUT2D eigenvalue weighted by Gasteiger charge is -2.25. The van der Waals surface area contributed by atoms with Crippen molar-refractivity contribution in [3.63, 3.8) is 0 Å². The number of fused-ring (bicyclic) bond motifs is 2. The smallest absolute Gasteiger partial charge is 0.276 e. The SMILES string of the molecule is CC1Nn2cc(C(=O)NCc3ccc(F)cc3F)c(=O)c(O)c2C(=O)N(C)C(C)c2[nH]cnc21. The van der Waals surface area contributed by atoms with Crippen molar-refractivity contribution >= 4 is 11.8 Å². The molecule has 10 nitrogen and oxygen atoms in total. The second-order valence-electron chi connectivity index (χ2n) is 8.00. The Morgan fingerprint density at radius 3 is 2.71 bits per heavy atom. The number of carbonyl (C=O) groups excluding carboxylic acids is 2. The number of aromatic amines is 1. The number of aromatic nitrogens is 3. The molecule has 4 N–H and O–H groups in total. The summed E-state index contributed by atoms with van der Waals surface area (Å²) in [6, 6.07) is 1.95. The molecule has 3 aromatic rings. The summed E-state index contributed by atoms with van der Waals surface area (Å²) in [5.41, 5.74) is 2.36. The first kappa shape index (κ1) is 23.0. The minimum absolute atomic E-state index is 0.00501. The van der Waals surface area contributed by atoms with Gasteiger partial charge in [0.05, 0.1) is 29.8 Å². The predicted molar refractivity (Wildman–Crippen MR) is 117 cm³/mol. The first-order valence-corrected chi connectivity index (χ1v) is 10.4. The molecular weight excluding hydrogens is 450 g/mol. The third-order valence-electron chi connectivity index (χ3n) is 5.85. The fourth-order valence-corrected chi connectivity index (χ4v) is 3.81. The Morgan fingerprint density at radius 1 is 1.26 bits per heavy atom. The molecule has 1 aromatic carbocycles. The van der Waals surface area contributed by atoms with E-state index in [9.17, 15) is 28.3 Å². The summed E-state index contributed by atoms with van der Waals surface area (Å²) in [5, 5.41) is 13.0. The first-order chi connectivity index (χ1) is 16.1. The van der Waals surface area contributed by atoms with Crippen molar-refractivity contribution in [2.24, 2.45) is 0 Å². The summed E-state index contributed by atoms with van der Waals surface area (Å²) in [6.45, 7) is 3.20. The zero-order valence-corrected chi connectivity index (χ0v) is 18.5. The van der Waals surface area contributed by atoms with E-state index in [2.05, 4.69) is 20.7 Å². The van der Waals surface area contributed by atoms with Crippen molar-refractivity contribution in [2.45, 2.75) is 32.5 Å². The molecule has 0 saturated heterocycles. The van der Waals surface area contributed by atoms with Gasteiger partial charge in [-0.2, -0.15) is 0 Å². The van der Waals surface area contributed by atoms with Crippen molar-refractivity contribution in [3.05, 3.63) is 80.8 Å². The number of hydrogen-bond donors (Lipinski definition) is 4. The van der Waals surface area contributed by atoms with Gasteiger partial charge in [0.25, 0.3) is 11.8 Å². The number of H-pyrrole nitrogens is 1. The van der Waals surface area contributed by atoms with Crippen LogP contribution in [0.5, 0.6) is 5.75 Å². The Labute approximate surface area is 192 Å². The van der Waals surface area contributed by atoms with Crippen LogP contribution in [-0.4, -0.2) is 43.5 Å². The van der Waals surface area contributed by atoms with Crippen LogP contribution < -0.4 is 16.2 Å². The summed E-state index contributed by atoms with van der Waals surface area (Å²) in [7, 11) is 1.51. The molecule has 2 atom stereocenters. The van der Waals surface area contributed by atoms with Crippen LogP contribution >= 0.6 is 0 Å². The maximum atomic E-state index is 13.9. The van der Waals surface area contributed by atoms with E-state index in [-0.39, 0.29) is 17.8 Å². The predicted octanol–water partition coefficient (Wildman–Crippen LogP) is 1.94. The second kappa shape index (κ2) is 8.61. The molecule has 1 aliphatic heterocycles. The Morgan fingerprint density at radius 2 is 2.00 bits per heavy atom. The fraction of sp³-hybridized carbons (Fsp3) is 0.273. The van der Waals surface area contributed by atoms with Crippen molar-refractivity contribution in [1.29, 1.82) is 0 Å². The molecule has 4 rings (SSSR count). The highest BCUT2D eigenvalue weighted by Gasteiger charge is 2.33. The van der Waals surface area contributed by atoms with Crippen LogP contribution in [0.15, 0.2) is 35.5 Å². The molecule has 0 fully saturated rings. The van der Waals surface area contributed by atoms with Gasteiger partial charge in [0, 0.05) is 31.4 Å². The summed E-state index contributed by atoms with van der Waals surface area (Å²) in [4.78, 5) is 47.4. The number of nitrogens with zero attached hydrogens (tertiary/aromatic N) is 3. The van der Waals surface area contributed by atoms with E-state index in [1.54, 1.807) is 13.8 Å². The maximum absolute atomic E-state index is 13.9. The summed E-state index contributed by atoms with van der Waals surface area (Å²) in [6.07, 6.45) is 2.59. The molecule has 2 aromatic heterocycles. The number of pyridine rings is 1. The van der Waals surface area contributed by atoms with Gasteiger partial charge in [0.1, 0.15) is 17.2 Å². The molecular formula is C22H22F2N6O4. The highest BCUT2D eigenvalue weighted by Crippen LogP contribution is 2.29. The van der Waals surface area contributed by atoms with Gasteiger partial charge >= 0.3 is 0 Å². The molecule has 0 aliphatic carbocycles. The van der Waals surface area contributed by atoms with E-state index in [4.69, 9.17) is 0 Å². The first-order valence-electron chi connectivity index (χ1n) is 10.4. The van der Waals surface area contributed by atoms with Crippen molar-refractivity contribution in [1.82, 2.24) is 24.9 Å². The van der Waals surface area contributed by atoms with Crippen LogP contribution in [-0.2, 0) is 6.54 Å². The van der Waals surface area contributed by atoms with Crippen molar-refractivity contribution in [3.8, 4) is 5.75 Å². The number of aromatic hydroxyl groups is 1. The van der Waals surface area contributed by atoms with Crippen LogP contribution in [0.4, 0.5) is 8.78 Å². The van der Waals surface area contributed by atoms with Gasteiger partial charge in [-0.05, 0) is 19.9 Å². The highest BCUT2D eigenvalue weighted by molar-refractivity contribution is 5.98. The van der Waals surface area contributed by atoms with E-state index < -0.39 is 52.3 Å². The van der Waals surface area contributed by atoms with Gasteiger partial charge in [0.15, 0.2) is 11.4 Å². The van der Waals surface area contributed by atoms with Gasteiger partial charge in [-0.25, -0.2) is 13.8 Å². The minimum atomic E-state index is -1.07. The second-order valence-corrected chi connectivity index (χ2v) is 8.00. The zero-order valence-electron chi connectivity index (χ0n) is 18.5. The Hall–Kier alpha value is -4.22. The summed E-state index contributed by atoms with van der Waals surface area (Å²) < 4.78 is 28.1. The molecule has 0 radical (unpaired) electrons. The minimum Gasteiger partial charge on any atom is -0.502 e. The quantitative estimate of drug-likeness (QED) is 0.461. The van der Waals surface area contributed by atoms with Crippen LogP contribution in [0, 0.1) is 11.6 Å². The summed E-state index contributed by atoms with van der Waals surface area (Å²) >= 11 is 0. The van der Waals surface area contributed by atoms with Gasteiger partial charge < -0.3 is 25.7 Å². The van der Waals surface area contributed by atoms with Crippen LogP contribution in [0.25, 0.3) is 0 Å². The van der Waals surface area contributed by atoms with Gasteiger partial charge in [0.2, 0.25) is 5.43 Å². The zero-order chi connectivity index (χ0) is 24.7. The lowest BCUT2D eigenvalue weighted by molar-refractivity contribution is 0.0726. The van der Waals surface area contributed by atoms with Crippen LogP contribution in [0.3, 0.4) is 0 Å². The van der Waals surface area contributed by atoms with Gasteiger partial charge in [-0.3, -0.25) is 19.1 Å². The highest BCUT2D eigenvalue weighted by atomic mass is 19.1. The fourth-order valence-electron chi connectivity index (χ4n) is 3.81. The Bertz CT molecular complexity index is 1350.